The lowest BCUT2D eigenvalue weighted by Gasteiger charge is -2.08. The van der Waals surface area contributed by atoms with E-state index in [0.29, 0.717) is 27.3 Å². The summed E-state index contributed by atoms with van der Waals surface area (Å²) in [5.41, 5.74) is 1.67. The van der Waals surface area contributed by atoms with Crippen LogP contribution in [0.25, 0.3) is 0 Å². The lowest BCUT2D eigenvalue weighted by molar-refractivity contribution is 0.0690. The topological polar surface area (TPSA) is 63.1 Å². The maximum absolute atomic E-state index is 11.3. The Balaban J connectivity index is 2.27. The quantitative estimate of drug-likeness (QED) is 0.688. The van der Waals surface area contributed by atoms with E-state index >= 15 is 0 Å². The van der Waals surface area contributed by atoms with E-state index in [0.717, 1.165) is 5.56 Å². The summed E-state index contributed by atoms with van der Waals surface area (Å²) in [6.07, 6.45) is 0. The number of carboxylic acid groups (broad SMARTS) is 1. The number of carbonyl (C=O) groups is 1. The Bertz CT molecular complexity index is 662. The van der Waals surface area contributed by atoms with Crippen LogP contribution >= 0.6 is 23.4 Å². The molecule has 1 heterocycles. The number of halogens is 1. The lowest BCUT2D eigenvalue weighted by atomic mass is 10.2. The van der Waals surface area contributed by atoms with Gasteiger partial charge in [-0.1, -0.05) is 23.7 Å². The van der Waals surface area contributed by atoms with E-state index in [2.05, 4.69) is 9.97 Å². The van der Waals surface area contributed by atoms with Crippen molar-refractivity contribution >= 4 is 29.3 Å². The summed E-state index contributed by atoms with van der Waals surface area (Å²) in [6.45, 7) is 3.43. The molecule has 0 saturated carbocycles. The van der Waals surface area contributed by atoms with E-state index in [1.807, 2.05) is 18.2 Å². The van der Waals surface area contributed by atoms with Crippen molar-refractivity contribution < 1.29 is 9.90 Å². The van der Waals surface area contributed by atoms with E-state index in [-0.39, 0.29) is 5.56 Å². The third-order valence-electron chi connectivity index (χ3n) is 2.65. The zero-order valence-corrected chi connectivity index (χ0v) is 12.6. The van der Waals surface area contributed by atoms with E-state index in [1.165, 1.54) is 11.8 Å². The fourth-order valence-electron chi connectivity index (χ4n) is 1.81. The van der Waals surface area contributed by atoms with E-state index in [9.17, 15) is 9.90 Å². The molecule has 0 unspecified atom stereocenters. The second-order valence-corrected chi connectivity index (χ2v) is 5.66. The van der Waals surface area contributed by atoms with Gasteiger partial charge in [0, 0.05) is 10.8 Å². The molecule has 0 aliphatic rings. The van der Waals surface area contributed by atoms with Crippen molar-refractivity contribution in [2.75, 3.05) is 0 Å². The summed E-state index contributed by atoms with van der Waals surface area (Å²) >= 11 is 7.30. The van der Waals surface area contributed by atoms with Crippen LogP contribution in [-0.2, 0) is 5.75 Å². The van der Waals surface area contributed by atoms with Gasteiger partial charge in [0.15, 0.2) is 0 Å². The first kappa shape index (κ1) is 14.8. The molecule has 0 bridgehead atoms. The third kappa shape index (κ3) is 3.49. The van der Waals surface area contributed by atoms with Gasteiger partial charge in [0.05, 0.1) is 5.69 Å². The fraction of sp³-hybridized carbons (Fsp3) is 0.214. The van der Waals surface area contributed by atoms with Crippen LogP contribution in [0.3, 0.4) is 0 Å². The Labute approximate surface area is 126 Å². The zero-order valence-electron chi connectivity index (χ0n) is 11.1. The van der Waals surface area contributed by atoms with Crippen molar-refractivity contribution in [2.24, 2.45) is 0 Å². The fourth-order valence-corrected chi connectivity index (χ4v) is 3.08. The van der Waals surface area contributed by atoms with Crippen LogP contribution in [0.1, 0.15) is 27.4 Å². The molecule has 0 fully saturated rings. The highest BCUT2D eigenvalue weighted by Crippen LogP contribution is 2.27. The summed E-state index contributed by atoms with van der Waals surface area (Å²) < 4.78 is 0. The molecule has 6 heteroatoms. The Morgan fingerprint density at radius 2 is 2.10 bits per heavy atom. The van der Waals surface area contributed by atoms with Crippen LogP contribution in [0.15, 0.2) is 29.3 Å². The summed E-state index contributed by atoms with van der Waals surface area (Å²) in [6, 6.07) is 7.47. The van der Waals surface area contributed by atoms with Crippen molar-refractivity contribution in [1.29, 1.82) is 0 Å². The van der Waals surface area contributed by atoms with Gasteiger partial charge in [-0.3, -0.25) is 0 Å². The number of thioether (sulfide) groups is 1. The molecule has 1 aromatic carbocycles. The van der Waals surface area contributed by atoms with Gasteiger partial charge in [-0.25, -0.2) is 14.8 Å². The Hall–Kier alpha value is -1.59. The van der Waals surface area contributed by atoms with Crippen molar-refractivity contribution in [3.63, 3.8) is 0 Å². The van der Waals surface area contributed by atoms with Gasteiger partial charge in [-0.05, 0) is 31.5 Å². The molecular formula is C14H13ClN2O2S. The minimum absolute atomic E-state index is 0.169. The molecule has 0 spiro atoms. The molecule has 0 radical (unpaired) electrons. The van der Waals surface area contributed by atoms with Gasteiger partial charge in [-0.15, -0.1) is 11.8 Å². The van der Waals surface area contributed by atoms with Crippen LogP contribution in [0.2, 0.25) is 5.02 Å². The molecule has 0 amide bonds. The molecule has 0 saturated heterocycles. The molecule has 2 aromatic rings. The summed E-state index contributed by atoms with van der Waals surface area (Å²) in [7, 11) is 0. The Morgan fingerprint density at radius 1 is 1.35 bits per heavy atom. The number of carboxylic acids is 1. The van der Waals surface area contributed by atoms with Gasteiger partial charge >= 0.3 is 5.97 Å². The second-order valence-electron chi connectivity index (χ2n) is 4.26. The molecule has 2 rings (SSSR count). The SMILES string of the molecule is Cc1nc(C)c(C(=O)O)c(SCc2cccc(Cl)c2)n1. The molecular weight excluding hydrogens is 296 g/mol. The predicted molar refractivity (Wildman–Crippen MR) is 79.5 cm³/mol. The standard InChI is InChI=1S/C14H13ClN2O2S/c1-8-12(14(18)19)13(17-9(2)16-8)20-7-10-4-3-5-11(15)6-10/h3-6H,7H2,1-2H3,(H,18,19). The molecule has 4 nitrogen and oxygen atoms in total. The van der Waals surface area contributed by atoms with E-state index in [1.54, 1.807) is 19.9 Å². The number of benzene rings is 1. The van der Waals surface area contributed by atoms with Crippen LogP contribution in [0.5, 0.6) is 0 Å². The summed E-state index contributed by atoms with van der Waals surface area (Å²) in [5, 5.41) is 10.4. The van der Waals surface area contributed by atoms with Gasteiger partial charge in [0.1, 0.15) is 16.4 Å². The molecule has 0 aliphatic carbocycles. The number of aromatic carboxylic acids is 1. The van der Waals surface area contributed by atoms with E-state index in [4.69, 9.17) is 11.6 Å². The Kier molecular flexibility index (Phi) is 4.62. The number of hydrogen-bond acceptors (Lipinski definition) is 4. The molecule has 104 valence electrons. The normalized spacial score (nSPS) is 10.6. The third-order valence-corrected chi connectivity index (χ3v) is 3.93. The highest BCUT2D eigenvalue weighted by atomic mass is 35.5. The first-order valence-corrected chi connectivity index (χ1v) is 7.29. The minimum Gasteiger partial charge on any atom is -0.478 e. The van der Waals surface area contributed by atoms with Gasteiger partial charge in [0.2, 0.25) is 0 Å². The van der Waals surface area contributed by atoms with Crippen LogP contribution in [-0.4, -0.2) is 21.0 Å². The monoisotopic (exact) mass is 308 g/mol. The summed E-state index contributed by atoms with van der Waals surface area (Å²) in [4.78, 5) is 19.6. The molecule has 0 atom stereocenters. The first-order chi connectivity index (χ1) is 9.47. The van der Waals surface area contributed by atoms with Crippen molar-refractivity contribution in [2.45, 2.75) is 24.6 Å². The van der Waals surface area contributed by atoms with Crippen molar-refractivity contribution in [3.05, 3.63) is 51.9 Å². The molecule has 1 N–H and O–H groups in total. The van der Waals surface area contributed by atoms with E-state index < -0.39 is 5.97 Å². The highest BCUT2D eigenvalue weighted by Gasteiger charge is 2.17. The van der Waals surface area contributed by atoms with Crippen LogP contribution < -0.4 is 0 Å². The average Bonchev–Trinajstić information content (AvgIpc) is 2.35. The number of rotatable bonds is 4. The lowest BCUT2D eigenvalue weighted by Crippen LogP contribution is -2.08. The summed E-state index contributed by atoms with van der Waals surface area (Å²) in [5.74, 6) is 0.175. The van der Waals surface area contributed by atoms with Gasteiger partial charge in [0.25, 0.3) is 0 Å². The zero-order chi connectivity index (χ0) is 14.7. The van der Waals surface area contributed by atoms with Gasteiger partial charge in [-0.2, -0.15) is 0 Å². The number of aryl methyl sites for hydroxylation is 2. The number of hydrogen-bond donors (Lipinski definition) is 1. The smallest absolute Gasteiger partial charge is 0.340 e. The van der Waals surface area contributed by atoms with Crippen molar-refractivity contribution in [3.8, 4) is 0 Å². The molecule has 1 aromatic heterocycles. The second kappa shape index (κ2) is 6.24. The average molecular weight is 309 g/mol. The molecule has 20 heavy (non-hydrogen) atoms. The number of aromatic nitrogens is 2. The van der Waals surface area contributed by atoms with Crippen LogP contribution in [0, 0.1) is 13.8 Å². The maximum Gasteiger partial charge on any atom is 0.340 e. The highest BCUT2D eigenvalue weighted by molar-refractivity contribution is 7.98. The largest absolute Gasteiger partial charge is 0.478 e. The number of nitrogens with zero attached hydrogens (tertiary/aromatic N) is 2. The Morgan fingerprint density at radius 3 is 2.75 bits per heavy atom. The van der Waals surface area contributed by atoms with Crippen molar-refractivity contribution in [1.82, 2.24) is 9.97 Å². The van der Waals surface area contributed by atoms with Crippen LogP contribution in [0.4, 0.5) is 0 Å². The minimum atomic E-state index is -1.00. The maximum atomic E-state index is 11.3. The van der Waals surface area contributed by atoms with Gasteiger partial charge < -0.3 is 5.11 Å². The first-order valence-electron chi connectivity index (χ1n) is 5.93. The predicted octanol–water partition coefficient (Wildman–Crippen LogP) is 3.74. The molecule has 0 aliphatic heterocycles.